The van der Waals surface area contributed by atoms with Crippen LogP contribution in [0.1, 0.15) is 35.4 Å². The van der Waals surface area contributed by atoms with Crippen molar-refractivity contribution in [3.8, 4) is 0 Å². The normalized spacial score (nSPS) is 16.9. The molecule has 0 unspecified atom stereocenters. The Morgan fingerprint density at radius 3 is 3.09 bits per heavy atom. The molecule has 0 bridgehead atoms. The van der Waals surface area contributed by atoms with Gasteiger partial charge in [-0.1, -0.05) is 6.07 Å². The number of carbonyl (C=O) groups is 1. The molecule has 1 N–H and O–H groups in total. The Balaban J connectivity index is 1.77. The van der Waals surface area contributed by atoms with E-state index >= 15 is 0 Å². The van der Waals surface area contributed by atoms with Crippen LogP contribution in [0.4, 0.5) is 10.1 Å². The first kappa shape index (κ1) is 15.6. The summed E-state index contributed by atoms with van der Waals surface area (Å²) < 4.78 is 20.8. The fourth-order valence-electron chi connectivity index (χ4n) is 2.89. The molecule has 0 saturated heterocycles. The van der Waals surface area contributed by atoms with E-state index in [1.165, 1.54) is 13.0 Å². The summed E-state index contributed by atoms with van der Waals surface area (Å²) in [4.78, 5) is 16.1. The molecule has 1 aliphatic heterocycles. The number of fused-ring (bicyclic) bond motifs is 1. The minimum absolute atomic E-state index is 0.0690. The van der Waals surface area contributed by atoms with Crippen LogP contribution in [-0.4, -0.2) is 33.7 Å². The molecule has 7 heteroatoms. The van der Waals surface area contributed by atoms with Gasteiger partial charge in [-0.3, -0.25) is 4.79 Å². The Kier molecular flexibility index (Phi) is 4.38. The molecule has 1 aromatic carbocycles. The summed E-state index contributed by atoms with van der Waals surface area (Å²) in [6, 6.07) is 4.70. The second-order valence-corrected chi connectivity index (χ2v) is 5.66. The van der Waals surface area contributed by atoms with Crippen LogP contribution in [-0.2, 0) is 24.3 Å². The number of hydrogen-bond donors (Lipinski definition) is 1. The third-order valence-electron chi connectivity index (χ3n) is 3.90. The molecule has 2 aromatic rings. The Morgan fingerprint density at radius 2 is 2.35 bits per heavy atom. The zero-order valence-electron chi connectivity index (χ0n) is 13.2. The van der Waals surface area contributed by atoms with E-state index in [0.29, 0.717) is 24.7 Å². The van der Waals surface area contributed by atoms with Crippen LogP contribution in [0.5, 0.6) is 0 Å². The summed E-state index contributed by atoms with van der Waals surface area (Å²) in [6.07, 6.45) is 1.62. The van der Waals surface area contributed by atoms with Crippen LogP contribution < -0.4 is 5.32 Å². The summed E-state index contributed by atoms with van der Waals surface area (Å²) >= 11 is 0. The fourth-order valence-corrected chi connectivity index (χ4v) is 2.89. The van der Waals surface area contributed by atoms with E-state index < -0.39 is 5.82 Å². The SMILES string of the molecule is COCc1nc2n(n1)C[C@H](Nc1cccc(F)c1C(C)=O)CC2. The van der Waals surface area contributed by atoms with E-state index in [4.69, 9.17) is 4.74 Å². The number of nitrogens with zero attached hydrogens (tertiary/aromatic N) is 3. The number of aromatic nitrogens is 3. The summed E-state index contributed by atoms with van der Waals surface area (Å²) in [6.45, 7) is 2.38. The Labute approximate surface area is 133 Å². The van der Waals surface area contributed by atoms with Crippen molar-refractivity contribution in [1.29, 1.82) is 0 Å². The second kappa shape index (κ2) is 6.45. The summed E-state index contributed by atoms with van der Waals surface area (Å²) in [7, 11) is 1.61. The number of carbonyl (C=O) groups excluding carboxylic acids is 1. The maximum Gasteiger partial charge on any atom is 0.176 e. The lowest BCUT2D eigenvalue weighted by atomic mass is 10.0. The first-order valence-corrected chi connectivity index (χ1v) is 7.56. The van der Waals surface area contributed by atoms with E-state index in [2.05, 4.69) is 15.4 Å². The van der Waals surface area contributed by atoms with Crippen molar-refractivity contribution in [3.05, 3.63) is 41.2 Å². The molecular formula is C16H19FN4O2. The van der Waals surface area contributed by atoms with Crippen molar-refractivity contribution in [2.45, 2.75) is 39.0 Å². The summed E-state index contributed by atoms with van der Waals surface area (Å²) in [5.41, 5.74) is 0.639. The van der Waals surface area contributed by atoms with Gasteiger partial charge in [0.1, 0.15) is 18.2 Å². The highest BCUT2D eigenvalue weighted by atomic mass is 19.1. The molecule has 23 heavy (non-hydrogen) atoms. The number of Topliss-reactive ketones (excluding diaryl/α,β-unsaturated/α-hetero) is 1. The first-order chi connectivity index (χ1) is 11.1. The van der Waals surface area contributed by atoms with Crippen molar-refractivity contribution in [3.63, 3.8) is 0 Å². The van der Waals surface area contributed by atoms with Crippen LogP contribution in [0.2, 0.25) is 0 Å². The molecule has 0 fully saturated rings. The van der Waals surface area contributed by atoms with Gasteiger partial charge in [0.05, 0.1) is 12.1 Å². The van der Waals surface area contributed by atoms with E-state index in [9.17, 15) is 9.18 Å². The van der Waals surface area contributed by atoms with E-state index in [-0.39, 0.29) is 17.4 Å². The third kappa shape index (κ3) is 3.24. The Hall–Kier alpha value is -2.28. The van der Waals surface area contributed by atoms with Gasteiger partial charge in [-0.05, 0) is 25.5 Å². The van der Waals surface area contributed by atoms with Crippen molar-refractivity contribution in [2.75, 3.05) is 12.4 Å². The average Bonchev–Trinajstić information content (AvgIpc) is 2.89. The highest BCUT2D eigenvalue weighted by Crippen LogP contribution is 2.23. The molecule has 3 rings (SSSR count). The van der Waals surface area contributed by atoms with Crippen LogP contribution in [0.25, 0.3) is 0 Å². The third-order valence-corrected chi connectivity index (χ3v) is 3.90. The molecule has 0 spiro atoms. The predicted octanol–water partition coefficient (Wildman–Crippen LogP) is 2.19. The van der Waals surface area contributed by atoms with E-state index in [1.54, 1.807) is 19.2 Å². The van der Waals surface area contributed by atoms with Gasteiger partial charge in [0.25, 0.3) is 0 Å². The standard InChI is InChI=1S/C16H19FN4O2/c1-10(22)16-12(17)4-3-5-13(16)18-11-6-7-15-19-14(9-23-2)20-21(15)8-11/h3-5,11,18H,6-9H2,1-2H3/t11-/m1/s1. The molecule has 1 aromatic heterocycles. The number of benzene rings is 1. The molecule has 0 radical (unpaired) electrons. The Bertz CT molecular complexity index is 729. The fraction of sp³-hybridized carbons (Fsp3) is 0.438. The topological polar surface area (TPSA) is 69.0 Å². The van der Waals surface area contributed by atoms with Crippen molar-refractivity contribution < 1.29 is 13.9 Å². The highest BCUT2D eigenvalue weighted by molar-refractivity contribution is 5.99. The van der Waals surface area contributed by atoms with Gasteiger partial charge in [-0.15, -0.1) is 0 Å². The van der Waals surface area contributed by atoms with Crippen molar-refractivity contribution in [1.82, 2.24) is 14.8 Å². The molecule has 2 heterocycles. The lowest BCUT2D eigenvalue weighted by Gasteiger charge is -2.25. The minimum Gasteiger partial charge on any atom is -0.380 e. The minimum atomic E-state index is -0.498. The van der Waals surface area contributed by atoms with Crippen LogP contribution >= 0.6 is 0 Å². The maximum absolute atomic E-state index is 13.9. The molecule has 0 aliphatic carbocycles. The maximum atomic E-state index is 13.9. The predicted molar refractivity (Wildman–Crippen MR) is 82.9 cm³/mol. The quantitative estimate of drug-likeness (QED) is 0.856. The van der Waals surface area contributed by atoms with Crippen LogP contribution in [0, 0.1) is 5.82 Å². The number of methoxy groups -OCH3 is 1. The van der Waals surface area contributed by atoms with Crippen molar-refractivity contribution in [2.24, 2.45) is 0 Å². The number of hydrogen-bond acceptors (Lipinski definition) is 5. The molecule has 122 valence electrons. The van der Waals surface area contributed by atoms with E-state index in [1.807, 2.05) is 4.68 Å². The van der Waals surface area contributed by atoms with Gasteiger partial charge in [0.2, 0.25) is 0 Å². The van der Waals surface area contributed by atoms with Crippen molar-refractivity contribution >= 4 is 11.5 Å². The zero-order valence-corrected chi connectivity index (χ0v) is 13.2. The number of aryl methyl sites for hydroxylation is 1. The summed E-state index contributed by atoms with van der Waals surface area (Å²) in [5.74, 6) is 0.812. The smallest absolute Gasteiger partial charge is 0.176 e. The summed E-state index contributed by atoms with van der Waals surface area (Å²) in [5, 5.41) is 7.68. The number of nitrogens with one attached hydrogen (secondary N) is 1. The second-order valence-electron chi connectivity index (χ2n) is 5.66. The average molecular weight is 318 g/mol. The van der Waals surface area contributed by atoms with Gasteiger partial charge >= 0.3 is 0 Å². The van der Waals surface area contributed by atoms with Gasteiger partial charge in [-0.25, -0.2) is 14.1 Å². The molecule has 1 aliphatic rings. The van der Waals surface area contributed by atoms with Crippen LogP contribution in [0.15, 0.2) is 18.2 Å². The molecule has 0 saturated carbocycles. The highest BCUT2D eigenvalue weighted by Gasteiger charge is 2.23. The van der Waals surface area contributed by atoms with Gasteiger partial charge in [0, 0.05) is 25.3 Å². The van der Waals surface area contributed by atoms with Gasteiger partial charge < -0.3 is 10.1 Å². The Morgan fingerprint density at radius 1 is 1.52 bits per heavy atom. The molecule has 6 nitrogen and oxygen atoms in total. The number of ether oxygens (including phenoxy) is 1. The zero-order chi connectivity index (χ0) is 16.4. The largest absolute Gasteiger partial charge is 0.380 e. The number of halogens is 1. The molecule has 1 atom stereocenters. The lowest BCUT2D eigenvalue weighted by Crippen LogP contribution is -2.32. The first-order valence-electron chi connectivity index (χ1n) is 7.56. The monoisotopic (exact) mass is 318 g/mol. The lowest BCUT2D eigenvalue weighted by molar-refractivity contribution is 0.101. The molecular weight excluding hydrogens is 299 g/mol. The van der Waals surface area contributed by atoms with Crippen LogP contribution in [0.3, 0.4) is 0 Å². The van der Waals surface area contributed by atoms with E-state index in [0.717, 1.165) is 18.7 Å². The molecule has 0 amide bonds. The van der Waals surface area contributed by atoms with Gasteiger partial charge in [-0.2, -0.15) is 5.10 Å². The number of ketones is 1. The number of rotatable bonds is 5. The van der Waals surface area contributed by atoms with Gasteiger partial charge in [0.15, 0.2) is 11.6 Å². The number of anilines is 1.